The van der Waals surface area contributed by atoms with Gasteiger partial charge in [-0.25, -0.2) is 4.79 Å². The molecule has 5 N–H and O–H groups in total. The van der Waals surface area contributed by atoms with E-state index in [1.54, 1.807) is 13.0 Å². The van der Waals surface area contributed by atoms with E-state index in [4.69, 9.17) is 15.6 Å². The van der Waals surface area contributed by atoms with Gasteiger partial charge in [-0.05, 0) is 32.3 Å². The highest BCUT2D eigenvalue weighted by atomic mass is 19.4. The maximum atomic E-state index is 11.8. The molecular formula is C19H26F3N3O4. The van der Waals surface area contributed by atoms with Crippen molar-refractivity contribution in [1.82, 2.24) is 10.6 Å². The molecule has 0 spiro atoms. The zero-order valence-electron chi connectivity index (χ0n) is 16.2. The molecule has 7 nitrogen and oxygen atoms in total. The third-order valence-corrected chi connectivity index (χ3v) is 3.40. The topological polar surface area (TPSA) is 122 Å². The summed E-state index contributed by atoms with van der Waals surface area (Å²) < 4.78 is 31.7. The van der Waals surface area contributed by atoms with Crippen LogP contribution in [0, 0.1) is 0 Å². The van der Waals surface area contributed by atoms with Crippen LogP contribution >= 0.6 is 0 Å². The van der Waals surface area contributed by atoms with Crippen LogP contribution < -0.4 is 16.4 Å². The van der Waals surface area contributed by atoms with Gasteiger partial charge in [0.05, 0.1) is 6.04 Å². The first-order valence-corrected chi connectivity index (χ1v) is 8.83. The Bertz CT molecular complexity index is 677. The summed E-state index contributed by atoms with van der Waals surface area (Å²) in [6.45, 7) is 4.07. The minimum Gasteiger partial charge on any atom is -0.475 e. The fourth-order valence-electron chi connectivity index (χ4n) is 1.93. The largest absolute Gasteiger partial charge is 0.490 e. The molecule has 0 aliphatic carbocycles. The molecule has 0 aromatic heterocycles. The third-order valence-electron chi connectivity index (χ3n) is 3.40. The first kappa shape index (κ1) is 26.1. The summed E-state index contributed by atoms with van der Waals surface area (Å²) in [5.41, 5.74) is 6.77. The number of likely N-dealkylation sites (N-methyl/N-ethyl adjacent to an activating group) is 1. The second kappa shape index (κ2) is 13.3. The van der Waals surface area contributed by atoms with Gasteiger partial charge in [0.1, 0.15) is 0 Å². The predicted molar refractivity (Wildman–Crippen MR) is 102 cm³/mol. The summed E-state index contributed by atoms with van der Waals surface area (Å²) in [7, 11) is 0. The summed E-state index contributed by atoms with van der Waals surface area (Å²) in [5, 5.41) is 12.7. The number of rotatable bonds is 8. The molecule has 162 valence electrons. The van der Waals surface area contributed by atoms with Gasteiger partial charge < -0.3 is 21.5 Å². The quantitative estimate of drug-likeness (QED) is 0.481. The van der Waals surface area contributed by atoms with Gasteiger partial charge in [0.25, 0.3) is 0 Å². The van der Waals surface area contributed by atoms with Gasteiger partial charge in [0, 0.05) is 18.7 Å². The highest BCUT2D eigenvalue weighted by Gasteiger charge is 2.38. The van der Waals surface area contributed by atoms with Gasteiger partial charge in [0.2, 0.25) is 11.8 Å². The normalized spacial score (nSPS) is 13.0. The fraction of sp³-hybridized carbons (Fsp3) is 0.421. The Morgan fingerprint density at radius 1 is 1.21 bits per heavy atom. The van der Waals surface area contributed by atoms with Crippen LogP contribution in [0.25, 0.3) is 0 Å². The molecule has 0 aliphatic rings. The van der Waals surface area contributed by atoms with Gasteiger partial charge in [-0.1, -0.05) is 36.4 Å². The van der Waals surface area contributed by atoms with Crippen LogP contribution in [0.15, 0.2) is 42.5 Å². The average molecular weight is 417 g/mol. The molecule has 2 atom stereocenters. The summed E-state index contributed by atoms with van der Waals surface area (Å²) in [6.07, 6.45) is -0.391. The third kappa shape index (κ3) is 13.0. The molecule has 0 unspecified atom stereocenters. The van der Waals surface area contributed by atoms with Gasteiger partial charge in [-0.2, -0.15) is 13.2 Å². The molecule has 0 radical (unpaired) electrons. The van der Waals surface area contributed by atoms with E-state index in [0.29, 0.717) is 13.0 Å². The smallest absolute Gasteiger partial charge is 0.475 e. The monoisotopic (exact) mass is 417 g/mol. The van der Waals surface area contributed by atoms with E-state index in [1.807, 2.05) is 37.3 Å². The van der Waals surface area contributed by atoms with Crippen molar-refractivity contribution in [3.8, 4) is 0 Å². The zero-order valence-corrected chi connectivity index (χ0v) is 16.2. The van der Waals surface area contributed by atoms with Crippen LogP contribution in [0.3, 0.4) is 0 Å². The Balaban J connectivity index is 0.000000956. The highest BCUT2D eigenvalue weighted by Crippen LogP contribution is 2.13. The van der Waals surface area contributed by atoms with E-state index in [-0.39, 0.29) is 17.9 Å². The van der Waals surface area contributed by atoms with Crippen molar-refractivity contribution in [2.75, 3.05) is 6.54 Å². The number of nitrogens with two attached hydrogens (primary N) is 1. The number of aryl methyl sites for hydroxylation is 1. The van der Waals surface area contributed by atoms with E-state index in [9.17, 15) is 22.8 Å². The van der Waals surface area contributed by atoms with Crippen molar-refractivity contribution in [3.63, 3.8) is 0 Å². The second-order valence-electron chi connectivity index (χ2n) is 5.98. The van der Waals surface area contributed by atoms with Crippen LogP contribution in [0.4, 0.5) is 13.2 Å². The van der Waals surface area contributed by atoms with Crippen LogP contribution in [0.5, 0.6) is 0 Å². The predicted octanol–water partition coefficient (Wildman–Crippen LogP) is 1.78. The number of carboxylic acid groups (broad SMARTS) is 1. The summed E-state index contributed by atoms with van der Waals surface area (Å²) >= 11 is 0. The standard InChI is InChI=1S/C17H25N3O2.C2HF3O2/c1-3-19-16(21)12-11-15(20-17(22)13(2)18)10-9-14-7-5-4-6-8-14;3-2(4,5)1(6)7/h4-8,11-13,15H,3,9-10,18H2,1-2H3,(H,19,21)(H,20,22);(H,6,7)/b12-11+;/t13-,15-;/m0./s1. The second-order valence-corrected chi connectivity index (χ2v) is 5.98. The number of hydrogen-bond acceptors (Lipinski definition) is 4. The van der Waals surface area contributed by atoms with Crippen molar-refractivity contribution in [1.29, 1.82) is 0 Å². The number of benzene rings is 1. The fourth-order valence-corrected chi connectivity index (χ4v) is 1.93. The SMILES string of the molecule is CCNC(=O)/C=C/[C@H](CCc1ccccc1)NC(=O)[C@H](C)N.O=C(O)C(F)(F)F. The number of halogens is 3. The molecule has 29 heavy (non-hydrogen) atoms. The molecule has 0 bridgehead atoms. The first-order chi connectivity index (χ1) is 13.5. The van der Waals surface area contributed by atoms with Gasteiger partial charge in [-0.3, -0.25) is 9.59 Å². The molecule has 0 saturated heterocycles. The Morgan fingerprint density at radius 2 is 1.76 bits per heavy atom. The molecular weight excluding hydrogens is 391 g/mol. The van der Waals surface area contributed by atoms with E-state index in [2.05, 4.69) is 10.6 Å². The lowest BCUT2D eigenvalue weighted by Gasteiger charge is -2.17. The number of alkyl halides is 3. The van der Waals surface area contributed by atoms with Crippen molar-refractivity contribution in [2.45, 2.75) is 44.9 Å². The molecule has 1 aromatic rings. The molecule has 2 amide bonds. The molecule has 1 rings (SSSR count). The lowest BCUT2D eigenvalue weighted by atomic mass is 10.0. The number of carbonyl (C=O) groups is 3. The summed E-state index contributed by atoms with van der Waals surface area (Å²) in [6, 6.07) is 9.22. The maximum absolute atomic E-state index is 11.8. The number of carbonyl (C=O) groups excluding carboxylic acids is 2. The minimum atomic E-state index is -5.08. The highest BCUT2D eigenvalue weighted by molar-refractivity contribution is 5.87. The molecule has 0 heterocycles. The summed E-state index contributed by atoms with van der Waals surface area (Å²) in [5.74, 6) is -3.15. The molecule has 0 fully saturated rings. The molecule has 10 heteroatoms. The Morgan fingerprint density at radius 3 is 2.21 bits per heavy atom. The van der Waals surface area contributed by atoms with Gasteiger partial charge >= 0.3 is 12.1 Å². The number of hydrogen-bond donors (Lipinski definition) is 4. The van der Waals surface area contributed by atoms with Crippen molar-refractivity contribution in [3.05, 3.63) is 48.0 Å². The first-order valence-electron chi connectivity index (χ1n) is 8.83. The number of nitrogens with one attached hydrogen (secondary N) is 2. The number of amides is 2. The van der Waals surface area contributed by atoms with Crippen molar-refractivity contribution >= 4 is 17.8 Å². The van der Waals surface area contributed by atoms with E-state index >= 15 is 0 Å². The lowest BCUT2D eigenvalue weighted by Crippen LogP contribution is -2.43. The number of carboxylic acids is 1. The minimum absolute atomic E-state index is 0.165. The van der Waals surface area contributed by atoms with E-state index in [0.717, 1.165) is 6.42 Å². The van der Waals surface area contributed by atoms with E-state index in [1.165, 1.54) is 11.6 Å². The Labute approximate surface area is 167 Å². The van der Waals surface area contributed by atoms with Crippen LogP contribution in [-0.4, -0.2) is 47.7 Å². The zero-order chi connectivity index (χ0) is 22.4. The van der Waals surface area contributed by atoms with Gasteiger partial charge in [0.15, 0.2) is 0 Å². The number of aliphatic carboxylic acids is 1. The molecule has 1 aromatic carbocycles. The Hall–Kier alpha value is -2.88. The molecule has 0 saturated carbocycles. The molecule has 0 aliphatic heterocycles. The van der Waals surface area contributed by atoms with Crippen LogP contribution in [0.1, 0.15) is 25.8 Å². The lowest BCUT2D eigenvalue weighted by molar-refractivity contribution is -0.192. The van der Waals surface area contributed by atoms with E-state index < -0.39 is 18.2 Å². The van der Waals surface area contributed by atoms with Crippen molar-refractivity contribution in [2.24, 2.45) is 5.73 Å². The van der Waals surface area contributed by atoms with Crippen LogP contribution in [0.2, 0.25) is 0 Å². The van der Waals surface area contributed by atoms with Crippen LogP contribution in [-0.2, 0) is 20.8 Å². The Kier molecular flexibility index (Phi) is 12.0. The maximum Gasteiger partial charge on any atom is 0.490 e. The average Bonchev–Trinajstić information content (AvgIpc) is 2.64. The van der Waals surface area contributed by atoms with Crippen molar-refractivity contribution < 1.29 is 32.7 Å². The van der Waals surface area contributed by atoms with Gasteiger partial charge in [-0.15, -0.1) is 0 Å². The summed E-state index contributed by atoms with van der Waals surface area (Å²) in [4.78, 5) is 32.2.